The van der Waals surface area contributed by atoms with E-state index in [2.05, 4.69) is 27.9 Å². The molecule has 1 amide bonds. The molecule has 0 unspecified atom stereocenters. The zero-order valence-electron chi connectivity index (χ0n) is 8.60. The maximum Gasteiger partial charge on any atom is 0.254 e. The summed E-state index contributed by atoms with van der Waals surface area (Å²) in [5.74, 6) is -2.00. The summed E-state index contributed by atoms with van der Waals surface area (Å²) in [4.78, 5) is 11.5. The van der Waals surface area contributed by atoms with Crippen molar-refractivity contribution >= 4 is 28.5 Å². The summed E-state index contributed by atoms with van der Waals surface area (Å²) >= 11 is 2.25. The molecule has 1 aromatic rings. The van der Waals surface area contributed by atoms with E-state index in [1.165, 1.54) is 0 Å². The molecule has 0 aliphatic rings. The van der Waals surface area contributed by atoms with Gasteiger partial charge in [0.15, 0.2) is 0 Å². The molecule has 0 saturated heterocycles. The van der Waals surface area contributed by atoms with Crippen LogP contribution in [0.4, 0.5) is 8.78 Å². The number of rotatable bonds is 5. The number of alkyl halides is 1. The van der Waals surface area contributed by atoms with Crippen LogP contribution in [0.1, 0.15) is 23.2 Å². The van der Waals surface area contributed by atoms with Crippen LogP contribution in [0.2, 0.25) is 0 Å². The lowest BCUT2D eigenvalue weighted by atomic mass is 10.2. The highest BCUT2D eigenvalue weighted by Crippen LogP contribution is 2.09. The van der Waals surface area contributed by atoms with E-state index in [9.17, 15) is 13.6 Å². The van der Waals surface area contributed by atoms with Gasteiger partial charge in [-0.15, -0.1) is 0 Å². The third-order valence-corrected chi connectivity index (χ3v) is 2.78. The summed E-state index contributed by atoms with van der Waals surface area (Å²) in [6, 6.07) is 2.93. The minimum atomic E-state index is -0.827. The molecule has 1 N–H and O–H groups in total. The second-order valence-corrected chi connectivity index (χ2v) is 4.35. The molecular formula is C11H12F2INO. The Balaban J connectivity index is 2.53. The molecule has 0 aliphatic carbocycles. The predicted molar refractivity (Wildman–Crippen MR) is 66.8 cm³/mol. The average molecular weight is 339 g/mol. The topological polar surface area (TPSA) is 29.1 Å². The van der Waals surface area contributed by atoms with Crippen LogP contribution in [0.3, 0.4) is 0 Å². The molecule has 16 heavy (non-hydrogen) atoms. The van der Waals surface area contributed by atoms with Crippen LogP contribution >= 0.6 is 22.6 Å². The SMILES string of the molecule is O=C(NCCCCI)c1ccc(F)cc1F. The molecule has 0 radical (unpaired) electrons. The molecule has 0 aliphatic heterocycles. The second-order valence-electron chi connectivity index (χ2n) is 3.28. The van der Waals surface area contributed by atoms with Crippen LogP contribution in [0.5, 0.6) is 0 Å². The number of nitrogens with one attached hydrogen (secondary N) is 1. The van der Waals surface area contributed by atoms with Crippen molar-refractivity contribution in [3.05, 3.63) is 35.4 Å². The number of benzene rings is 1. The van der Waals surface area contributed by atoms with Gasteiger partial charge in [-0.25, -0.2) is 8.78 Å². The van der Waals surface area contributed by atoms with Crippen molar-refractivity contribution in [3.8, 4) is 0 Å². The molecule has 0 fully saturated rings. The van der Waals surface area contributed by atoms with Crippen LogP contribution in [-0.4, -0.2) is 16.9 Å². The van der Waals surface area contributed by atoms with Crippen LogP contribution in [0.15, 0.2) is 18.2 Å². The van der Waals surface area contributed by atoms with Crippen molar-refractivity contribution in [2.75, 3.05) is 11.0 Å². The Morgan fingerprint density at radius 3 is 2.69 bits per heavy atom. The van der Waals surface area contributed by atoms with Crippen molar-refractivity contribution in [1.29, 1.82) is 0 Å². The Morgan fingerprint density at radius 1 is 1.31 bits per heavy atom. The molecule has 2 nitrogen and oxygen atoms in total. The van der Waals surface area contributed by atoms with Gasteiger partial charge in [0, 0.05) is 12.6 Å². The Bertz CT molecular complexity index is 371. The predicted octanol–water partition coefficient (Wildman–Crippen LogP) is 2.91. The summed E-state index contributed by atoms with van der Waals surface area (Å²) < 4.78 is 26.8. The zero-order chi connectivity index (χ0) is 12.0. The summed E-state index contributed by atoms with van der Waals surface area (Å²) in [7, 11) is 0. The maximum absolute atomic E-state index is 13.2. The first-order valence-electron chi connectivity index (χ1n) is 4.94. The van der Waals surface area contributed by atoms with E-state index >= 15 is 0 Å². The Morgan fingerprint density at radius 2 is 2.06 bits per heavy atom. The lowest BCUT2D eigenvalue weighted by molar-refractivity contribution is 0.0949. The van der Waals surface area contributed by atoms with Crippen LogP contribution in [0, 0.1) is 11.6 Å². The fraction of sp³-hybridized carbons (Fsp3) is 0.364. The van der Waals surface area contributed by atoms with E-state index in [4.69, 9.17) is 0 Å². The molecule has 0 spiro atoms. The number of halogens is 3. The molecule has 0 aromatic heterocycles. The van der Waals surface area contributed by atoms with E-state index in [0.29, 0.717) is 12.6 Å². The molecule has 0 heterocycles. The molecule has 0 atom stereocenters. The van der Waals surface area contributed by atoms with Crippen molar-refractivity contribution in [1.82, 2.24) is 5.32 Å². The number of hydrogen-bond acceptors (Lipinski definition) is 1. The van der Waals surface area contributed by atoms with Gasteiger partial charge in [0.05, 0.1) is 5.56 Å². The van der Waals surface area contributed by atoms with Crippen LogP contribution in [0.25, 0.3) is 0 Å². The smallest absolute Gasteiger partial charge is 0.254 e. The van der Waals surface area contributed by atoms with Crippen LogP contribution < -0.4 is 5.32 Å². The van der Waals surface area contributed by atoms with E-state index in [-0.39, 0.29) is 5.56 Å². The fourth-order valence-corrected chi connectivity index (χ4v) is 1.73. The summed E-state index contributed by atoms with van der Waals surface area (Å²) in [6.07, 6.45) is 1.87. The fourth-order valence-electron chi connectivity index (χ4n) is 1.19. The lowest BCUT2D eigenvalue weighted by Gasteiger charge is -2.05. The highest BCUT2D eigenvalue weighted by Gasteiger charge is 2.11. The van der Waals surface area contributed by atoms with Crippen molar-refractivity contribution in [3.63, 3.8) is 0 Å². The van der Waals surface area contributed by atoms with Gasteiger partial charge >= 0.3 is 0 Å². The Hall–Kier alpha value is -0.720. The van der Waals surface area contributed by atoms with Crippen LogP contribution in [-0.2, 0) is 0 Å². The molecule has 1 aromatic carbocycles. The first kappa shape index (κ1) is 13.3. The lowest BCUT2D eigenvalue weighted by Crippen LogP contribution is -2.25. The highest BCUT2D eigenvalue weighted by atomic mass is 127. The largest absolute Gasteiger partial charge is 0.352 e. The van der Waals surface area contributed by atoms with Gasteiger partial charge in [0.25, 0.3) is 5.91 Å². The van der Waals surface area contributed by atoms with Gasteiger partial charge < -0.3 is 5.32 Å². The minimum Gasteiger partial charge on any atom is -0.352 e. The van der Waals surface area contributed by atoms with Crippen molar-refractivity contribution < 1.29 is 13.6 Å². The third kappa shape index (κ3) is 4.03. The van der Waals surface area contributed by atoms with E-state index in [1.54, 1.807) is 0 Å². The average Bonchev–Trinajstić information content (AvgIpc) is 2.24. The standard InChI is InChI=1S/C11H12F2INO/c12-8-3-4-9(10(13)7-8)11(16)15-6-2-1-5-14/h3-4,7H,1-2,5-6H2,(H,15,16). The minimum absolute atomic E-state index is 0.115. The first-order valence-corrected chi connectivity index (χ1v) is 6.47. The van der Waals surface area contributed by atoms with E-state index in [0.717, 1.165) is 29.4 Å². The van der Waals surface area contributed by atoms with Gasteiger partial charge in [-0.2, -0.15) is 0 Å². The monoisotopic (exact) mass is 339 g/mol. The third-order valence-electron chi connectivity index (χ3n) is 2.02. The molecule has 5 heteroatoms. The van der Waals surface area contributed by atoms with Crippen molar-refractivity contribution in [2.24, 2.45) is 0 Å². The number of carbonyl (C=O) groups excluding carboxylic acids is 1. The number of carbonyl (C=O) groups is 1. The molecular weight excluding hydrogens is 327 g/mol. The molecule has 0 saturated carbocycles. The summed E-state index contributed by atoms with van der Waals surface area (Å²) in [5, 5.41) is 2.59. The van der Waals surface area contributed by atoms with Gasteiger partial charge in [0.1, 0.15) is 11.6 Å². The van der Waals surface area contributed by atoms with Gasteiger partial charge in [0.2, 0.25) is 0 Å². The number of hydrogen-bond donors (Lipinski definition) is 1. The van der Waals surface area contributed by atoms with Gasteiger partial charge in [-0.3, -0.25) is 4.79 Å². The Labute approximate surface area is 107 Å². The highest BCUT2D eigenvalue weighted by molar-refractivity contribution is 14.1. The maximum atomic E-state index is 13.2. The quantitative estimate of drug-likeness (QED) is 0.499. The number of unbranched alkanes of at least 4 members (excludes halogenated alkanes) is 1. The summed E-state index contributed by atoms with van der Waals surface area (Å²) in [5.41, 5.74) is -0.115. The molecule has 1 rings (SSSR count). The first-order chi connectivity index (χ1) is 7.65. The second kappa shape index (κ2) is 6.78. The van der Waals surface area contributed by atoms with Gasteiger partial charge in [-0.1, -0.05) is 22.6 Å². The number of amides is 1. The molecule has 0 bridgehead atoms. The van der Waals surface area contributed by atoms with E-state index < -0.39 is 17.5 Å². The van der Waals surface area contributed by atoms with Gasteiger partial charge in [-0.05, 0) is 29.4 Å². The summed E-state index contributed by atoms with van der Waals surface area (Å²) in [6.45, 7) is 0.513. The normalized spacial score (nSPS) is 10.2. The zero-order valence-corrected chi connectivity index (χ0v) is 10.8. The Kier molecular flexibility index (Phi) is 5.65. The van der Waals surface area contributed by atoms with E-state index in [1.807, 2.05) is 0 Å². The molecule has 88 valence electrons. The van der Waals surface area contributed by atoms with Crippen molar-refractivity contribution in [2.45, 2.75) is 12.8 Å².